The monoisotopic (exact) mass is 445 g/mol. The number of aromatic nitrogens is 4. The van der Waals surface area contributed by atoms with E-state index in [2.05, 4.69) is 20.2 Å². The minimum Gasteiger partial charge on any atom is -0.496 e. The summed E-state index contributed by atoms with van der Waals surface area (Å²) in [5.74, 6) is -0.578. The zero-order chi connectivity index (χ0) is 22.1. The molecule has 4 rings (SSSR count). The molecule has 7 nitrogen and oxygen atoms in total. The van der Waals surface area contributed by atoms with Gasteiger partial charge in [-0.05, 0) is 19.1 Å². The summed E-state index contributed by atoms with van der Waals surface area (Å²) in [5, 5.41) is 7.07. The molecule has 0 aliphatic rings. The van der Waals surface area contributed by atoms with E-state index < -0.39 is 11.6 Å². The summed E-state index contributed by atoms with van der Waals surface area (Å²) >= 11 is 6.39. The Morgan fingerprint density at radius 3 is 2.55 bits per heavy atom. The van der Waals surface area contributed by atoms with Gasteiger partial charge in [-0.1, -0.05) is 17.7 Å². The van der Waals surface area contributed by atoms with Crippen molar-refractivity contribution in [1.29, 1.82) is 0 Å². The van der Waals surface area contributed by atoms with E-state index in [1.807, 2.05) is 6.92 Å². The van der Waals surface area contributed by atoms with Gasteiger partial charge in [0.25, 0.3) is 0 Å². The second-order valence-electron chi connectivity index (χ2n) is 6.50. The van der Waals surface area contributed by atoms with Gasteiger partial charge in [0, 0.05) is 18.7 Å². The summed E-state index contributed by atoms with van der Waals surface area (Å²) < 4.78 is 39.6. The fraction of sp³-hybridized carbons (Fsp3) is 0.190. The lowest BCUT2D eigenvalue weighted by Crippen LogP contribution is -2.20. The molecule has 0 saturated heterocycles. The summed E-state index contributed by atoms with van der Waals surface area (Å²) in [6, 6.07) is 7.12. The maximum atomic E-state index is 14.8. The standard InChI is InChI=1S/C21H18ClF2N5O2/c1-4-29(15-9-13(24)17(31-3)8-11(15)22)21-26-14-10-25-28-19(14)20(27-21)18-12(23)6-5-7-16(18)30-2/h5-10H,4H2,1-3H3,(H,25,28). The third kappa shape index (κ3) is 3.61. The van der Waals surface area contributed by atoms with Crippen LogP contribution < -0.4 is 14.4 Å². The number of ether oxygens (including phenoxy) is 2. The van der Waals surface area contributed by atoms with Crippen molar-refractivity contribution in [3.05, 3.63) is 53.2 Å². The molecule has 0 atom stereocenters. The van der Waals surface area contributed by atoms with Crippen LogP contribution in [0.25, 0.3) is 22.3 Å². The van der Waals surface area contributed by atoms with E-state index in [-0.39, 0.29) is 28.0 Å². The van der Waals surface area contributed by atoms with Crippen molar-refractivity contribution in [1.82, 2.24) is 20.2 Å². The zero-order valence-electron chi connectivity index (χ0n) is 16.9. The molecule has 0 unspecified atom stereocenters. The summed E-state index contributed by atoms with van der Waals surface area (Å²) in [7, 11) is 2.80. The van der Waals surface area contributed by atoms with E-state index in [1.165, 1.54) is 38.6 Å². The molecule has 0 bridgehead atoms. The summed E-state index contributed by atoms with van der Waals surface area (Å²) in [4.78, 5) is 10.7. The highest BCUT2D eigenvalue weighted by Gasteiger charge is 2.23. The van der Waals surface area contributed by atoms with E-state index >= 15 is 0 Å². The van der Waals surface area contributed by atoms with E-state index in [1.54, 1.807) is 17.0 Å². The number of anilines is 2. The molecule has 10 heteroatoms. The van der Waals surface area contributed by atoms with E-state index in [9.17, 15) is 8.78 Å². The first-order chi connectivity index (χ1) is 15.0. The van der Waals surface area contributed by atoms with E-state index in [0.717, 1.165) is 0 Å². The number of hydrogen-bond acceptors (Lipinski definition) is 6. The maximum Gasteiger partial charge on any atom is 0.231 e. The molecule has 0 saturated carbocycles. The molecule has 0 aliphatic carbocycles. The number of benzene rings is 2. The van der Waals surface area contributed by atoms with Crippen LogP contribution >= 0.6 is 11.6 Å². The second-order valence-corrected chi connectivity index (χ2v) is 6.91. The van der Waals surface area contributed by atoms with Gasteiger partial charge in [-0.15, -0.1) is 0 Å². The fourth-order valence-electron chi connectivity index (χ4n) is 3.33. The Labute approximate surface area is 181 Å². The van der Waals surface area contributed by atoms with Crippen molar-refractivity contribution >= 4 is 34.3 Å². The minimum absolute atomic E-state index is 0.0211. The molecule has 31 heavy (non-hydrogen) atoms. The first kappa shape index (κ1) is 20.8. The Morgan fingerprint density at radius 1 is 1.06 bits per heavy atom. The third-order valence-electron chi connectivity index (χ3n) is 4.79. The first-order valence-electron chi connectivity index (χ1n) is 9.33. The smallest absolute Gasteiger partial charge is 0.231 e. The number of aromatic amines is 1. The Balaban J connectivity index is 1.95. The zero-order valence-corrected chi connectivity index (χ0v) is 17.7. The SMILES string of the molecule is CCN(c1nc(-c2c(F)cccc2OC)c2[nH]ncc2n1)c1cc(F)c(OC)cc1Cl. The summed E-state index contributed by atoms with van der Waals surface area (Å²) in [6.45, 7) is 2.20. The number of rotatable bonds is 6. The number of fused-ring (bicyclic) bond motifs is 1. The summed E-state index contributed by atoms with van der Waals surface area (Å²) in [6.07, 6.45) is 1.50. The van der Waals surface area contributed by atoms with Gasteiger partial charge in [0.05, 0.1) is 36.7 Å². The van der Waals surface area contributed by atoms with Crippen molar-refractivity contribution in [2.24, 2.45) is 0 Å². The van der Waals surface area contributed by atoms with Gasteiger partial charge in [0.15, 0.2) is 11.6 Å². The predicted molar refractivity (Wildman–Crippen MR) is 114 cm³/mol. The van der Waals surface area contributed by atoms with Crippen LogP contribution in [-0.2, 0) is 0 Å². The lowest BCUT2D eigenvalue weighted by atomic mass is 10.1. The Morgan fingerprint density at radius 2 is 1.84 bits per heavy atom. The molecule has 2 aromatic carbocycles. The second kappa shape index (κ2) is 8.35. The van der Waals surface area contributed by atoms with Gasteiger partial charge in [0.2, 0.25) is 5.95 Å². The van der Waals surface area contributed by atoms with Crippen LogP contribution in [0.4, 0.5) is 20.4 Å². The molecule has 2 heterocycles. The maximum absolute atomic E-state index is 14.8. The van der Waals surface area contributed by atoms with E-state index in [4.69, 9.17) is 21.1 Å². The normalized spacial score (nSPS) is 11.0. The molecule has 0 radical (unpaired) electrons. The molecule has 2 aromatic heterocycles. The molecule has 0 amide bonds. The topological polar surface area (TPSA) is 76.2 Å². The molecule has 0 fully saturated rings. The average molecular weight is 446 g/mol. The Hall–Kier alpha value is -3.46. The van der Waals surface area contributed by atoms with Crippen molar-refractivity contribution < 1.29 is 18.3 Å². The van der Waals surface area contributed by atoms with Crippen LogP contribution in [0.3, 0.4) is 0 Å². The third-order valence-corrected chi connectivity index (χ3v) is 5.09. The van der Waals surface area contributed by atoms with Gasteiger partial charge in [-0.25, -0.2) is 18.7 Å². The predicted octanol–water partition coefficient (Wildman–Crippen LogP) is 5.13. The number of H-pyrrole nitrogens is 1. The van der Waals surface area contributed by atoms with Gasteiger partial charge in [-0.3, -0.25) is 5.10 Å². The first-order valence-corrected chi connectivity index (χ1v) is 9.70. The van der Waals surface area contributed by atoms with Gasteiger partial charge in [0.1, 0.15) is 28.3 Å². The highest BCUT2D eigenvalue weighted by atomic mass is 35.5. The van der Waals surface area contributed by atoms with E-state index in [0.29, 0.717) is 29.0 Å². The Kier molecular flexibility index (Phi) is 5.60. The molecule has 4 aromatic rings. The van der Waals surface area contributed by atoms with Gasteiger partial charge < -0.3 is 14.4 Å². The van der Waals surface area contributed by atoms with Crippen molar-refractivity contribution in [3.8, 4) is 22.8 Å². The average Bonchev–Trinajstić information content (AvgIpc) is 3.24. The van der Waals surface area contributed by atoms with Crippen molar-refractivity contribution in [3.63, 3.8) is 0 Å². The number of nitrogens with one attached hydrogen (secondary N) is 1. The molecule has 0 aliphatic heterocycles. The van der Waals surface area contributed by atoms with Crippen LogP contribution in [0.2, 0.25) is 5.02 Å². The minimum atomic E-state index is -0.583. The van der Waals surface area contributed by atoms with Crippen LogP contribution in [0, 0.1) is 11.6 Å². The molecule has 160 valence electrons. The van der Waals surface area contributed by atoms with Gasteiger partial charge >= 0.3 is 0 Å². The van der Waals surface area contributed by atoms with Crippen LogP contribution in [0.15, 0.2) is 36.5 Å². The van der Waals surface area contributed by atoms with Crippen molar-refractivity contribution in [2.45, 2.75) is 6.92 Å². The highest BCUT2D eigenvalue weighted by Crippen LogP contribution is 2.39. The molecular formula is C21H18ClF2N5O2. The highest BCUT2D eigenvalue weighted by molar-refractivity contribution is 6.33. The number of nitrogens with zero attached hydrogens (tertiary/aromatic N) is 4. The largest absolute Gasteiger partial charge is 0.496 e. The lowest BCUT2D eigenvalue weighted by molar-refractivity contribution is 0.386. The summed E-state index contributed by atoms with van der Waals surface area (Å²) in [5.41, 5.74) is 1.66. The van der Waals surface area contributed by atoms with Crippen LogP contribution in [0.5, 0.6) is 11.5 Å². The van der Waals surface area contributed by atoms with Crippen LogP contribution in [-0.4, -0.2) is 40.9 Å². The fourth-order valence-corrected chi connectivity index (χ4v) is 3.59. The van der Waals surface area contributed by atoms with Gasteiger partial charge in [-0.2, -0.15) is 5.10 Å². The van der Waals surface area contributed by atoms with Crippen molar-refractivity contribution in [2.75, 3.05) is 25.7 Å². The number of methoxy groups -OCH3 is 2. The molecular weight excluding hydrogens is 428 g/mol. The molecule has 1 N–H and O–H groups in total. The quantitative estimate of drug-likeness (QED) is 0.443. The number of halogens is 3. The Bertz CT molecular complexity index is 1260. The lowest BCUT2D eigenvalue weighted by Gasteiger charge is -2.23. The number of hydrogen-bond donors (Lipinski definition) is 1. The molecule has 0 spiro atoms. The van der Waals surface area contributed by atoms with Crippen LogP contribution in [0.1, 0.15) is 6.92 Å².